The molecule has 3 N–H and O–H groups in total. The summed E-state index contributed by atoms with van der Waals surface area (Å²) in [5.41, 5.74) is 5.54. The van der Waals surface area contributed by atoms with Crippen LogP contribution in [0.5, 0.6) is 0 Å². The van der Waals surface area contributed by atoms with Gasteiger partial charge in [-0.3, -0.25) is 0 Å². The number of nitrogen functional groups attached to an aromatic ring is 1. The van der Waals surface area contributed by atoms with Gasteiger partial charge >= 0.3 is 0 Å². The minimum Gasteiger partial charge on any atom is -0.384 e. The van der Waals surface area contributed by atoms with Gasteiger partial charge in [-0.2, -0.15) is 4.98 Å². The number of rotatable bonds is 4. The maximum atomic E-state index is 5.54. The number of hydrogen-bond donors (Lipinski definition) is 2. The normalized spacial score (nSPS) is 10.3. The van der Waals surface area contributed by atoms with E-state index >= 15 is 0 Å². The molecule has 0 aliphatic rings. The van der Waals surface area contributed by atoms with Gasteiger partial charge in [-0.15, -0.1) is 10.2 Å². The molecular formula is C9H13N7. The van der Waals surface area contributed by atoms with Gasteiger partial charge in [0.15, 0.2) is 5.82 Å². The van der Waals surface area contributed by atoms with Crippen molar-refractivity contribution >= 4 is 11.8 Å². The average molecular weight is 219 g/mol. The first-order valence-electron chi connectivity index (χ1n) is 4.98. The Kier molecular flexibility index (Phi) is 2.95. The highest BCUT2D eigenvalue weighted by molar-refractivity contribution is 5.34. The molecule has 2 aromatic rings. The van der Waals surface area contributed by atoms with E-state index in [1.165, 1.54) is 0 Å². The summed E-state index contributed by atoms with van der Waals surface area (Å²) >= 11 is 0. The maximum absolute atomic E-state index is 5.54. The third-order valence-corrected chi connectivity index (χ3v) is 2.12. The highest BCUT2D eigenvalue weighted by atomic mass is 15.3. The Balaban J connectivity index is 2.02. The zero-order valence-electron chi connectivity index (χ0n) is 8.96. The van der Waals surface area contributed by atoms with Crippen molar-refractivity contribution in [2.24, 2.45) is 0 Å². The minimum atomic E-state index is 0.439. The van der Waals surface area contributed by atoms with Crippen molar-refractivity contribution in [3.05, 3.63) is 24.4 Å². The van der Waals surface area contributed by atoms with Crippen LogP contribution >= 0.6 is 0 Å². The van der Waals surface area contributed by atoms with E-state index in [1.807, 2.05) is 11.5 Å². The lowest BCUT2D eigenvalue weighted by atomic mass is 10.5. The Labute approximate surface area is 92.7 Å². The van der Waals surface area contributed by atoms with Crippen LogP contribution in [0.15, 0.2) is 18.6 Å². The Morgan fingerprint density at radius 1 is 1.50 bits per heavy atom. The monoisotopic (exact) mass is 219 g/mol. The lowest BCUT2D eigenvalue weighted by molar-refractivity contribution is 0.706. The Hall–Kier alpha value is -2.18. The van der Waals surface area contributed by atoms with Gasteiger partial charge in [-0.25, -0.2) is 4.98 Å². The number of nitrogens with one attached hydrogen (secondary N) is 1. The predicted molar refractivity (Wildman–Crippen MR) is 59.5 cm³/mol. The summed E-state index contributed by atoms with van der Waals surface area (Å²) in [5, 5.41) is 10.9. The van der Waals surface area contributed by atoms with Crippen LogP contribution in [0.3, 0.4) is 0 Å². The average Bonchev–Trinajstić information content (AvgIpc) is 2.74. The van der Waals surface area contributed by atoms with Crippen molar-refractivity contribution in [2.45, 2.75) is 20.0 Å². The molecule has 0 aliphatic heterocycles. The van der Waals surface area contributed by atoms with Crippen molar-refractivity contribution in [2.75, 3.05) is 11.1 Å². The van der Waals surface area contributed by atoms with Crippen LogP contribution in [0.25, 0.3) is 0 Å². The van der Waals surface area contributed by atoms with Crippen LogP contribution in [0.1, 0.15) is 12.7 Å². The van der Waals surface area contributed by atoms with Gasteiger partial charge in [0, 0.05) is 12.7 Å². The van der Waals surface area contributed by atoms with Crippen molar-refractivity contribution in [3.8, 4) is 0 Å². The van der Waals surface area contributed by atoms with Gasteiger partial charge in [0.1, 0.15) is 12.1 Å². The van der Waals surface area contributed by atoms with Crippen molar-refractivity contribution in [3.63, 3.8) is 0 Å². The predicted octanol–water partition coefficient (Wildman–Crippen LogP) is 0.282. The molecule has 7 nitrogen and oxygen atoms in total. The summed E-state index contributed by atoms with van der Waals surface area (Å²) in [6.45, 7) is 3.39. The number of aromatic nitrogens is 5. The van der Waals surface area contributed by atoms with Gasteiger partial charge < -0.3 is 15.6 Å². The van der Waals surface area contributed by atoms with Gasteiger partial charge in [0.25, 0.3) is 0 Å². The van der Waals surface area contributed by atoms with E-state index in [2.05, 4.69) is 25.5 Å². The van der Waals surface area contributed by atoms with Crippen LogP contribution in [0.2, 0.25) is 0 Å². The van der Waals surface area contributed by atoms with E-state index in [1.54, 1.807) is 18.6 Å². The second-order valence-corrected chi connectivity index (χ2v) is 3.19. The standard InChI is InChI=1S/C9H13N7/c1-2-16-6-13-15-8(16)5-12-9-11-4-3-7(10)14-9/h3-4,6H,2,5H2,1H3,(H3,10,11,12,14). The number of anilines is 2. The van der Waals surface area contributed by atoms with Gasteiger partial charge in [0.2, 0.25) is 5.95 Å². The Morgan fingerprint density at radius 2 is 2.38 bits per heavy atom. The molecule has 0 atom stereocenters. The highest BCUT2D eigenvalue weighted by Crippen LogP contribution is 2.03. The maximum Gasteiger partial charge on any atom is 0.224 e. The van der Waals surface area contributed by atoms with Gasteiger partial charge in [-0.05, 0) is 13.0 Å². The zero-order valence-corrected chi connectivity index (χ0v) is 8.96. The first-order chi connectivity index (χ1) is 7.79. The highest BCUT2D eigenvalue weighted by Gasteiger charge is 2.03. The lowest BCUT2D eigenvalue weighted by Gasteiger charge is -2.05. The molecular weight excluding hydrogens is 206 g/mol. The Bertz CT molecular complexity index is 464. The number of aryl methyl sites for hydroxylation is 1. The molecule has 84 valence electrons. The Morgan fingerprint density at radius 3 is 3.12 bits per heavy atom. The SMILES string of the molecule is CCn1cnnc1CNc1nccc(N)n1. The molecule has 2 heterocycles. The van der Waals surface area contributed by atoms with E-state index < -0.39 is 0 Å². The van der Waals surface area contributed by atoms with Gasteiger partial charge in [0.05, 0.1) is 6.54 Å². The van der Waals surface area contributed by atoms with Crippen LogP contribution < -0.4 is 11.1 Å². The quantitative estimate of drug-likeness (QED) is 0.767. The largest absolute Gasteiger partial charge is 0.384 e. The number of hydrogen-bond acceptors (Lipinski definition) is 6. The molecule has 0 bridgehead atoms. The van der Waals surface area contributed by atoms with Crippen molar-refractivity contribution < 1.29 is 0 Å². The van der Waals surface area contributed by atoms with Gasteiger partial charge in [-0.1, -0.05) is 0 Å². The minimum absolute atomic E-state index is 0.439. The summed E-state index contributed by atoms with van der Waals surface area (Å²) in [7, 11) is 0. The molecule has 2 rings (SSSR count). The van der Waals surface area contributed by atoms with E-state index in [0.717, 1.165) is 12.4 Å². The fourth-order valence-electron chi connectivity index (χ4n) is 1.30. The number of nitrogens with two attached hydrogens (primary N) is 1. The topological polar surface area (TPSA) is 94.5 Å². The lowest BCUT2D eigenvalue weighted by Crippen LogP contribution is -2.09. The second kappa shape index (κ2) is 4.56. The van der Waals surface area contributed by atoms with E-state index in [9.17, 15) is 0 Å². The summed E-state index contributed by atoms with van der Waals surface area (Å²) in [6, 6.07) is 1.64. The summed E-state index contributed by atoms with van der Waals surface area (Å²) in [5.74, 6) is 1.77. The van der Waals surface area contributed by atoms with Crippen molar-refractivity contribution in [1.82, 2.24) is 24.7 Å². The molecule has 0 radical (unpaired) electrons. The third-order valence-electron chi connectivity index (χ3n) is 2.12. The third kappa shape index (κ3) is 2.25. The molecule has 16 heavy (non-hydrogen) atoms. The molecule has 0 unspecified atom stereocenters. The summed E-state index contributed by atoms with van der Waals surface area (Å²) in [6.07, 6.45) is 3.30. The van der Waals surface area contributed by atoms with E-state index in [4.69, 9.17) is 5.73 Å². The molecule has 0 spiro atoms. The van der Waals surface area contributed by atoms with Crippen LogP contribution in [-0.4, -0.2) is 24.7 Å². The van der Waals surface area contributed by atoms with Crippen LogP contribution in [-0.2, 0) is 13.1 Å². The summed E-state index contributed by atoms with van der Waals surface area (Å²) in [4.78, 5) is 8.06. The molecule has 0 fully saturated rings. The number of nitrogens with zero attached hydrogens (tertiary/aromatic N) is 5. The first kappa shape index (κ1) is 10.3. The molecule has 0 aromatic carbocycles. The molecule has 0 saturated heterocycles. The smallest absolute Gasteiger partial charge is 0.224 e. The molecule has 0 saturated carbocycles. The second-order valence-electron chi connectivity index (χ2n) is 3.19. The van der Waals surface area contributed by atoms with Crippen LogP contribution in [0.4, 0.5) is 11.8 Å². The molecule has 7 heteroatoms. The zero-order chi connectivity index (χ0) is 11.4. The fourth-order valence-corrected chi connectivity index (χ4v) is 1.30. The van der Waals surface area contributed by atoms with E-state index in [0.29, 0.717) is 18.3 Å². The van der Waals surface area contributed by atoms with Crippen molar-refractivity contribution in [1.29, 1.82) is 0 Å². The summed E-state index contributed by atoms with van der Waals surface area (Å²) < 4.78 is 1.94. The molecule has 0 aliphatic carbocycles. The molecule has 2 aromatic heterocycles. The van der Waals surface area contributed by atoms with Crippen LogP contribution in [0, 0.1) is 0 Å². The van der Waals surface area contributed by atoms with E-state index in [-0.39, 0.29) is 0 Å². The first-order valence-corrected chi connectivity index (χ1v) is 4.98. The molecule has 0 amide bonds. The fraction of sp³-hybridized carbons (Fsp3) is 0.333.